The number of amides is 1. The average molecular weight is 463 g/mol. The van der Waals surface area contributed by atoms with Crippen molar-refractivity contribution >= 4 is 41.0 Å². The molecule has 0 fully saturated rings. The number of carbonyl (C=O) groups excluding carboxylic acids is 2. The zero-order valence-corrected chi connectivity index (χ0v) is 19.7. The van der Waals surface area contributed by atoms with Gasteiger partial charge in [0.05, 0.1) is 13.2 Å². The third-order valence-corrected chi connectivity index (χ3v) is 4.71. The fourth-order valence-corrected chi connectivity index (χ4v) is 3.28. The van der Waals surface area contributed by atoms with E-state index < -0.39 is 29.8 Å². The molecule has 1 rings (SSSR count). The van der Waals surface area contributed by atoms with Crippen molar-refractivity contribution in [3.05, 3.63) is 29.3 Å². The van der Waals surface area contributed by atoms with Crippen LogP contribution in [0.3, 0.4) is 0 Å². The number of hydrogen-bond acceptors (Lipinski definition) is 6. The number of aliphatic hydroxyl groups excluding tert-OH is 1. The Morgan fingerprint density at radius 1 is 1.20 bits per heavy atom. The number of halogens is 2. The number of carbonyl (C=O) groups is 2. The molecule has 0 aliphatic carbocycles. The quantitative estimate of drug-likeness (QED) is 0.409. The van der Waals surface area contributed by atoms with E-state index in [1.165, 1.54) is 7.11 Å². The van der Waals surface area contributed by atoms with E-state index >= 15 is 0 Å². The summed E-state index contributed by atoms with van der Waals surface area (Å²) in [4.78, 5) is 26.3. The third-order valence-electron chi connectivity index (χ3n) is 4.37. The second kappa shape index (κ2) is 12.2. The van der Waals surface area contributed by atoms with Crippen molar-refractivity contribution in [2.45, 2.75) is 51.9 Å². The van der Waals surface area contributed by atoms with E-state index in [-0.39, 0.29) is 6.42 Å². The predicted octanol–water partition coefficient (Wildman–Crippen LogP) is 3.25. The van der Waals surface area contributed by atoms with Crippen molar-refractivity contribution in [1.82, 2.24) is 5.32 Å². The second-order valence-corrected chi connectivity index (χ2v) is 8.66. The lowest BCUT2D eigenvalue weighted by Gasteiger charge is -2.27. The van der Waals surface area contributed by atoms with Gasteiger partial charge in [0, 0.05) is 30.5 Å². The summed E-state index contributed by atoms with van der Waals surface area (Å²) in [5.74, 6) is 0.0595. The maximum absolute atomic E-state index is 12.3. The molecule has 0 aliphatic heterocycles. The van der Waals surface area contributed by atoms with Crippen LogP contribution >= 0.6 is 23.2 Å². The number of ether oxygens (including phenoxy) is 2. The Morgan fingerprint density at radius 2 is 1.80 bits per heavy atom. The van der Waals surface area contributed by atoms with Crippen LogP contribution in [-0.4, -0.2) is 66.9 Å². The summed E-state index contributed by atoms with van der Waals surface area (Å²) in [5.41, 5.74) is 2.00. The highest BCUT2D eigenvalue weighted by molar-refractivity contribution is 6.18. The molecule has 0 heterocycles. The molecule has 0 saturated carbocycles. The summed E-state index contributed by atoms with van der Waals surface area (Å²) in [6, 6.07) is 4.92. The minimum Gasteiger partial charge on any atom is -0.467 e. The first-order valence-electron chi connectivity index (χ1n) is 9.74. The molecule has 0 aliphatic rings. The average Bonchev–Trinajstić information content (AvgIpc) is 2.66. The molecule has 170 valence electrons. The van der Waals surface area contributed by atoms with Gasteiger partial charge in [0.2, 0.25) is 0 Å². The van der Waals surface area contributed by atoms with Gasteiger partial charge >= 0.3 is 12.1 Å². The van der Waals surface area contributed by atoms with Crippen molar-refractivity contribution < 1.29 is 24.2 Å². The highest BCUT2D eigenvalue weighted by Gasteiger charge is 2.31. The summed E-state index contributed by atoms with van der Waals surface area (Å²) in [5, 5.41) is 13.0. The largest absolute Gasteiger partial charge is 0.467 e. The van der Waals surface area contributed by atoms with Gasteiger partial charge in [0.1, 0.15) is 5.60 Å². The number of hydrogen-bond donors (Lipinski definition) is 2. The number of nitrogens with one attached hydrogen (secondary N) is 1. The lowest BCUT2D eigenvalue weighted by Crippen LogP contribution is -2.50. The zero-order valence-electron chi connectivity index (χ0n) is 18.2. The number of rotatable bonds is 10. The number of esters is 1. The maximum atomic E-state index is 12.3. The molecule has 0 bridgehead atoms. The number of aryl methyl sites for hydroxylation is 1. The first-order chi connectivity index (χ1) is 14.0. The van der Waals surface area contributed by atoms with Gasteiger partial charge in [0.25, 0.3) is 0 Å². The fourth-order valence-electron chi connectivity index (χ4n) is 2.87. The van der Waals surface area contributed by atoms with Gasteiger partial charge in [-0.3, -0.25) is 0 Å². The van der Waals surface area contributed by atoms with Gasteiger partial charge in [-0.25, -0.2) is 9.59 Å². The lowest BCUT2D eigenvalue weighted by atomic mass is 9.97. The Kier molecular flexibility index (Phi) is 10.7. The van der Waals surface area contributed by atoms with Crippen molar-refractivity contribution in [3.63, 3.8) is 0 Å². The van der Waals surface area contributed by atoms with E-state index in [1.807, 2.05) is 25.1 Å². The third kappa shape index (κ3) is 8.58. The van der Waals surface area contributed by atoms with Crippen molar-refractivity contribution in [1.29, 1.82) is 0 Å². The molecule has 1 amide bonds. The molecule has 0 spiro atoms. The summed E-state index contributed by atoms with van der Waals surface area (Å²) < 4.78 is 9.93. The van der Waals surface area contributed by atoms with Crippen LogP contribution < -0.4 is 10.2 Å². The van der Waals surface area contributed by atoms with Crippen LogP contribution in [0.4, 0.5) is 10.5 Å². The Bertz CT molecular complexity index is 703. The number of nitrogens with zero attached hydrogens (tertiary/aromatic N) is 1. The number of alkyl carbamates (subject to hydrolysis) is 1. The molecule has 9 heteroatoms. The number of aliphatic hydroxyl groups is 1. The number of benzene rings is 1. The second-order valence-electron chi connectivity index (χ2n) is 7.90. The SMILES string of the molecule is COC(=O)C(O)[C@H](Cc1cc(N(CCCl)CCCl)ccc1C)NC(=O)OC(C)(C)C. The molecule has 7 nitrogen and oxygen atoms in total. The van der Waals surface area contributed by atoms with Crippen molar-refractivity contribution in [3.8, 4) is 0 Å². The molecule has 0 aromatic heterocycles. The summed E-state index contributed by atoms with van der Waals surface area (Å²) in [6.45, 7) is 8.36. The van der Waals surface area contributed by atoms with Crippen molar-refractivity contribution in [2.24, 2.45) is 0 Å². The highest BCUT2D eigenvalue weighted by atomic mass is 35.5. The molecule has 1 aromatic carbocycles. The normalized spacial score (nSPS) is 13.3. The van der Waals surface area contributed by atoms with Crippen LogP contribution in [0.25, 0.3) is 0 Å². The van der Waals surface area contributed by atoms with Gasteiger partial charge in [-0.2, -0.15) is 0 Å². The van der Waals surface area contributed by atoms with Crippen LogP contribution in [0.2, 0.25) is 0 Å². The van der Waals surface area contributed by atoms with Gasteiger partial charge < -0.3 is 24.8 Å². The van der Waals surface area contributed by atoms with Crippen LogP contribution in [0.5, 0.6) is 0 Å². The van der Waals surface area contributed by atoms with Crippen molar-refractivity contribution in [2.75, 3.05) is 36.9 Å². The monoisotopic (exact) mass is 462 g/mol. The molecule has 0 radical (unpaired) electrons. The lowest BCUT2D eigenvalue weighted by molar-refractivity contribution is -0.151. The minimum absolute atomic E-state index is 0.199. The van der Waals surface area contributed by atoms with Crippen LogP contribution in [0.1, 0.15) is 31.9 Å². The van der Waals surface area contributed by atoms with Crippen LogP contribution in [-0.2, 0) is 20.7 Å². The summed E-state index contributed by atoms with van der Waals surface area (Å²) in [7, 11) is 1.18. The Balaban J connectivity index is 3.16. The minimum atomic E-state index is -1.55. The van der Waals surface area contributed by atoms with E-state index in [1.54, 1.807) is 20.8 Å². The summed E-state index contributed by atoms with van der Waals surface area (Å²) in [6.07, 6.45) is -2.08. The van der Waals surface area contributed by atoms with Crippen LogP contribution in [0.15, 0.2) is 18.2 Å². The topological polar surface area (TPSA) is 88.1 Å². The molecule has 30 heavy (non-hydrogen) atoms. The number of anilines is 1. The van der Waals surface area contributed by atoms with E-state index in [9.17, 15) is 14.7 Å². The van der Waals surface area contributed by atoms with Gasteiger partial charge in [-0.1, -0.05) is 6.07 Å². The molecule has 1 unspecified atom stereocenters. The smallest absolute Gasteiger partial charge is 0.407 e. The van der Waals surface area contributed by atoms with E-state index in [0.29, 0.717) is 24.8 Å². The Labute approximate surface area is 188 Å². The molecular weight excluding hydrogens is 431 g/mol. The van der Waals surface area contributed by atoms with E-state index in [0.717, 1.165) is 16.8 Å². The van der Waals surface area contributed by atoms with E-state index in [4.69, 9.17) is 27.9 Å². The highest BCUT2D eigenvalue weighted by Crippen LogP contribution is 2.22. The maximum Gasteiger partial charge on any atom is 0.407 e. The Hall–Kier alpha value is -1.70. The van der Waals surface area contributed by atoms with Gasteiger partial charge in [-0.15, -0.1) is 23.2 Å². The number of methoxy groups -OCH3 is 1. The first-order valence-corrected chi connectivity index (χ1v) is 10.8. The molecule has 1 aromatic rings. The van der Waals surface area contributed by atoms with Gasteiger partial charge in [0.15, 0.2) is 6.10 Å². The number of alkyl halides is 2. The molecule has 0 saturated heterocycles. The molecule has 2 atom stereocenters. The molecule has 2 N–H and O–H groups in total. The van der Waals surface area contributed by atoms with E-state index in [2.05, 4.69) is 15.0 Å². The molecular formula is C21H32Cl2N2O5. The zero-order chi connectivity index (χ0) is 22.9. The standard InChI is InChI=1S/C21H32Cl2N2O5/c1-14-6-7-16(25(10-8-22)11-9-23)12-15(14)13-17(18(26)19(27)29-5)24-20(28)30-21(2,3)4/h6-7,12,17-18,26H,8-11,13H2,1-5H3,(H,24,28)/t17-,18?/m0/s1. The fraction of sp³-hybridized carbons (Fsp3) is 0.619. The van der Waals surface area contributed by atoms with Crippen LogP contribution in [0, 0.1) is 6.92 Å². The first kappa shape index (κ1) is 26.3. The Morgan fingerprint density at radius 3 is 2.30 bits per heavy atom. The summed E-state index contributed by atoms with van der Waals surface area (Å²) >= 11 is 11.8. The predicted molar refractivity (Wildman–Crippen MR) is 120 cm³/mol. The van der Waals surface area contributed by atoms with Gasteiger partial charge in [-0.05, 0) is 57.4 Å².